The van der Waals surface area contributed by atoms with E-state index in [1.54, 1.807) is 0 Å². The molecule has 0 spiro atoms. The van der Waals surface area contributed by atoms with Gasteiger partial charge in [-0.2, -0.15) is 0 Å². The molecule has 2 aromatic rings. The minimum Gasteiger partial charge on any atom is -0.353 e. The van der Waals surface area contributed by atoms with Crippen LogP contribution >= 0.6 is 0 Å². The lowest BCUT2D eigenvalue weighted by molar-refractivity contribution is -0.163. The van der Waals surface area contributed by atoms with E-state index in [4.69, 9.17) is 9.47 Å². The van der Waals surface area contributed by atoms with Crippen molar-refractivity contribution in [2.45, 2.75) is 32.1 Å². The van der Waals surface area contributed by atoms with Gasteiger partial charge in [0.25, 0.3) is 0 Å². The molecule has 20 heavy (non-hydrogen) atoms. The topological polar surface area (TPSA) is 40.5 Å². The molecular weight excluding hydrogens is 254 g/mol. The van der Waals surface area contributed by atoms with Crippen molar-refractivity contribution in [1.82, 2.24) is 4.57 Å². The average molecular weight is 273 g/mol. The third-order valence-electron chi connectivity index (χ3n) is 3.70. The number of nitrogens with zero attached hydrogens (tertiary/aromatic N) is 1. The first-order chi connectivity index (χ1) is 9.86. The van der Waals surface area contributed by atoms with Gasteiger partial charge in [-0.15, -0.1) is 0 Å². The zero-order valence-electron chi connectivity index (χ0n) is 11.5. The van der Waals surface area contributed by atoms with Crippen LogP contribution in [0.3, 0.4) is 0 Å². The van der Waals surface area contributed by atoms with Gasteiger partial charge in [-0.25, -0.2) is 0 Å². The fraction of sp³-hybridized carbons (Fsp3) is 0.438. The molecule has 0 N–H and O–H groups in total. The number of hydrogen-bond donors (Lipinski definition) is 0. The highest BCUT2D eigenvalue weighted by Gasteiger charge is 2.13. The van der Waals surface area contributed by atoms with Crippen molar-refractivity contribution in [1.29, 1.82) is 0 Å². The molecule has 4 nitrogen and oxygen atoms in total. The van der Waals surface area contributed by atoms with Gasteiger partial charge in [0.05, 0.1) is 6.61 Å². The molecule has 0 saturated carbocycles. The van der Waals surface area contributed by atoms with E-state index in [9.17, 15) is 4.79 Å². The van der Waals surface area contributed by atoms with Crippen molar-refractivity contribution in [2.75, 3.05) is 13.2 Å². The number of hydrogen-bond acceptors (Lipinski definition) is 3. The van der Waals surface area contributed by atoms with Gasteiger partial charge in [0.15, 0.2) is 6.29 Å². The monoisotopic (exact) mass is 273 g/mol. The molecule has 2 heterocycles. The van der Waals surface area contributed by atoms with Crippen LogP contribution in [0.25, 0.3) is 10.9 Å². The minimum absolute atomic E-state index is 0.0350. The summed E-state index contributed by atoms with van der Waals surface area (Å²) in [6, 6.07) is 7.76. The molecule has 0 aliphatic carbocycles. The molecule has 3 rings (SSSR count). The molecule has 1 aliphatic rings. The van der Waals surface area contributed by atoms with E-state index in [-0.39, 0.29) is 6.29 Å². The standard InChI is InChI=1S/C16H19NO3/c18-12-13-4-5-15-14(11-13)6-7-17(15)8-10-20-16-3-1-2-9-19-16/h4-7,11-12,16H,1-3,8-10H2. The summed E-state index contributed by atoms with van der Waals surface area (Å²) in [5.41, 5.74) is 1.84. The fourth-order valence-corrected chi connectivity index (χ4v) is 2.61. The lowest BCUT2D eigenvalue weighted by Crippen LogP contribution is -2.23. The Labute approximate surface area is 118 Å². The molecule has 1 atom stereocenters. The predicted octanol–water partition coefficient (Wildman–Crippen LogP) is 3.00. The lowest BCUT2D eigenvalue weighted by atomic mass is 10.2. The van der Waals surface area contributed by atoms with Crippen LogP contribution in [0.1, 0.15) is 29.6 Å². The highest BCUT2D eigenvalue weighted by atomic mass is 16.7. The maximum atomic E-state index is 10.8. The van der Waals surface area contributed by atoms with Gasteiger partial charge >= 0.3 is 0 Å². The van der Waals surface area contributed by atoms with Crippen LogP contribution in [-0.4, -0.2) is 30.4 Å². The van der Waals surface area contributed by atoms with Crippen molar-refractivity contribution in [2.24, 2.45) is 0 Å². The van der Waals surface area contributed by atoms with Crippen LogP contribution in [0.15, 0.2) is 30.5 Å². The van der Waals surface area contributed by atoms with Gasteiger partial charge in [0, 0.05) is 35.8 Å². The van der Waals surface area contributed by atoms with Gasteiger partial charge in [-0.3, -0.25) is 4.79 Å². The zero-order chi connectivity index (χ0) is 13.8. The Morgan fingerprint density at radius 3 is 3.10 bits per heavy atom. The molecule has 0 radical (unpaired) electrons. The van der Waals surface area contributed by atoms with E-state index in [0.29, 0.717) is 12.2 Å². The highest BCUT2D eigenvalue weighted by Crippen LogP contribution is 2.18. The highest BCUT2D eigenvalue weighted by molar-refractivity contribution is 5.87. The zero-order valence-corrected chi connectivity index (χ0v) is 11.5. The largest absolute Gasteiger partial charge is 0.353 e. The van der Waals surface area contributed by atoms with E-state index >= 15 is 0 Å². The number of rotatable bonds is 5. The Bertz CT molecular complexity index is 584. The van der Waals surface area contributed by atoms with Crippen LogP contribution < -0.4 is 0 Å². The first kappa shape index (κ1) is 13.3. The smallest absolute Gasteiger partial charge is 0.157 e. The van der Waals surface area contributed by atoms with Crippen LogP contribution in [-0.2, 0) is 16.0 Å². The molecule has 4 heteroatoms. The van der Waals surface area contributed by atoms with E-state index in [1.807, 2.05) is 30.5 Å². The Morgan fingerprint density at radius 2 is 2.30 bits per heavy atom. The van der Waals surface area contributed by atoms with Crippen LogP contribution in [0.4, 0.5) is 0 Å². The molecule has 1 unspecified atom stereocenters. The number of benzene rings is 1. The van der Waals surface area contributed by atoms with Crippen molar-refractivity contribution >= 4 is 17.2 Å². The quantitative estimate of drug-likeness (QED) is 0.786. The molecule has 106 valence electrons. The van der Waals surface area contributed by atoms with E-state index in [2.05, 4.69) is 4.57 Å². The maximum Gasteiger partial charge on any atom is 0.157 e. The summed E-state index contributed by atoms with van der Waals surface area (Å²) in [5, 5.41) is 1.09. The van der Waals surface area contributed by atoms with Crippen molar-refractivity contribution in [3.63, 3.8) is 0 Å². The third-order valence-corrected chi connectivity index (χ3v) is 3.70. The summed E-state index contributed by atoms with van der Waals surface area (Å²) >= 11 is 0. The van der Waals surface area contributed by atoms with E-state index in [0.717, 1.165) is 43.2 Å². The average Bonchev–Trinajstić information content (AvgIpc) is 2.91. The lowest BCUT2D eigenvalue weighted by Gasteiger charge is -2.22. The van der Waals surface area contributed by atoms with Crippen molar-refractivity contribution in [3.05, 3.63) is 36.0 Å². The fourth-order valence-electron chi connectivity index (χ4n) is 2.61. The Balaban J connectivity index is 1.61. The van der Waals surface area contributed by atoms with Crippen molar-refractivity contribution in [3.8, 4) is 0 Å². The molecule has 1 aromatic heterocycles. The maximum absolute atomic E-state index is 10.8. The normalized spacial score (nSPS) is 19.3. The van der Waals surface area contributed by atoms with Gasteiger partial charge < -0.3 is 14.0 Å². The Hall–Kier alpha value is -1.65. The molecule has 1 saturated heterocycles. The number of carbonyl (C=O) groups is 1. The molecule has 1 fully saturated rings. The van der Waals surface area contributed by atoms with Crippen molar-refractivity contribution < 1.29 is 14.3 Å². The van der Waals surface area contributed by atoms with Gasteiger partial charge in [0.1, 0.15) is 6.29 Å². The number of carbonyl (C=O) groups excluding carboxylic acids is 1. The SMILES string of the molecule is O=Cc1ccc2c(ccn2CCOC2CCCCO2)c1. The summed E-state index contributed by atoms with van der Waals surface area (Å²) in [5.74, 6) is 0. The third kappa shape index (κ3) is 2.92. The Kier molecular flexibility index (Phi) is 4.14. The first-order valence-corrected chi connectivity index (χ1v) is 7.14. The summed E-state index contributed by atoms with van der Waals surface area (Å²) in [7, 11) is 0. The second-order valence-corrected chi connectivity index (χ2v) is 5.11. The summed E-state index contributed by atoms with van der Waals surface area (Å²) < 4.78 is 13.4. The predicted molar refractivity (Wildman–Crippen MR) is 76.9 cm³/mol. The van der Waals surface area contributed by atoms with Crippen LogP contribution in [0.2, 0.25) is 0 Å². The molecule has 1 aliphatic heterocycles. The number of fused-ring (bicyclic) bond motifs is 1. The number of ether oxygens (including phenoxy) is 2. The molecular formula is C16H19NO3. The van der Waals surface area contributed by atoms with E-state index in [1.165, 1.54) is 6.42 Å². The first-order valence-electron chi connectivity index (χ1n) is 7.14. The number of aldehydes is 1. The summed E-state index contributed by atoms with van der Waals surface area (Å²) in [6.07, 6.45) is 6.19. The van der Waals surface area contributed by atoms with Crippen LogP contribution in [0, 0.1) is 0 Å². The summed E-state index contributed by atoms with van der Waals surface area (Å²) in [6.45, 7) is 2.25. The van der Waals surface area contributed by atoms with E-state index < -0.39 is 0 Å². The minimum atomic E-state index is -0.0350. The molecule has 1 aromatic carbocycles. The second-order valence-electron chi connectivity index (χ2n) is 5.11. The second kappa shape index (κ2) is 6.20. The molecule has 0 amide bonds. The van der Waals surface area contributed by atoms with Gasteiger partial charge in [-0.05, 0) is 43.5 Å². The molecule has 0 bridgehead atoms. The Morgan fingerprint density at radius 1 is 1.35 bits per heavy atom. The van der Waals surface area contributed by atoms with Gasteiger partial charge in [0.2, 0.25) is 0 Å². The number of aromatic nitrogens is 1. The summed E-state index contributed by atoms with van der Waals surface area (Å²) in [4.78, 5) is 10.8. The van der Waals surface area contributed by atoms with Crippen LogP contribution in [0.5, 0.6) is 0 Å². The van der Waals surface area contributed by atoms with Gasteiger partial charge in [-0.1, -0.05) is 0 Å².